The average Bonchev–Trinajstić information content (AvgIpc) is 2.74. The van der Waals surface area contributed by atoms with E-state index in [4.69, 9.17) is 0 Å². The molecule has 7 nitrogen and oxygen atoms in total. The van der Waals surface area contributed by atoms with E-state index in [1.807, 2.05) is 30.3 Å². The van der Waals surface area contributed by atoms with Crippen LogP contribution < -0.4 is 10.7 Å². The maximum Gasteiger partial charge on any atom is 0.278 e. The highest BCUT2D eigenvalue weighted by Crippen LogP contribution is 2.18. The number of carbonyl (C=O) groups excluding carboxylic acids is 2. The van der Waals surface area contributed by atoms with Gasteiger partial charge in [-0.05, 0) is 38.3 Å². The van der Waals surface area contributed by atoms with Crippen LogP contribution in [-0.4, -0.2) is 46.1 Å². The van der Waals surface area contributed by atoms with Crippen LogP contribution in [0.3, 0.4) is 0 Å². The Morgan fingerprint density at radius 1 is 1.24 bits per heavy atom. The lowest BCUT2D eigenvalue weighted by molar-refractivity contribution is -0.126. The van der Waals surface area contributed by atoms with E-state index in [9.17, 15) is 14.4 Å². The zero-order chi connectivity index (χ0) is 20.8. The Morgan fingerprint density at radius 3 is 2.72 bits per heavy atom. The molecule has 0 aliphatic carbocycles. The number of rotatable bonds is 6. The van der Waals surface area contributed by atoms with E-state index in [0.717, 1.165) is 31.4 Å². The zero-order valence-corrected chi connectivity index (χ0v) is 17.1. The van der Waals surface area contributed by atoms with Gasteiger partial charge in [0.2, 0.25) is 11.3 Å². The Kier molecular flexibility index (Phi) is 6.80. The molecule has 0 radical (unpaired) electrons. The van der Waals surface area contributed by atoms with Crippen LogP contribution >= 0.6 is 0 Å². The molecular weight excluding hydrogens is 368 g/mol. The highest BCUT2D eigenvalue weighted by atomic mass is 16.2. The van der Waals surface area contributed by atoms with E-state index in [-0.39, 0.29) is 17.5 Å². The van der Waals surface area contributed by atoms with Gasteiger partial charge >= 0.3 is 0 Å². The second-order valence-corrected chi connectivity index (χ2v) is 7.48. The second-order valence-electron chi connectivity index (χ2n) is 7.48. The lowest BCUT2D eigenvalue weighted by Gasteiger charge is -2.31. The molecule has 1 aliphatic heterocycles. The van der Waals surface area contributed by atoms with E-state index in [2.05, 4.69) is 17.3 Å². The maximum atomic E-state index is 13.1. The lowest BCUT2D eigenvalue weighted by Crippen LogP contribution is -2.47. The summed E-state index contributed by atoms with van der Waals surface area (Å²) in [6, 6.07) is 10.8. The van der Waals surface area contributed by atoms with Gasteiger partial charge in [0.25, 0.3) is 5.91 Å². The first-order valence-corrected chi connectivity index (χ1v) is 10.2. The Labute approximate surface area is 170 Å². The fourth-order valence-corrected chi connectivity index (χ4v) is 3.58. The third-order valence-corrected chi connectivity index (χ3v) is 5.22. The molecule has 2 aromatic rings. The number of carbonyl (C=O) groups is 2. The number of hydrogen-bond donors (Lipinski definition) is 1. The fourth-order valence-electron chi connectivity index (χ4n) is 3.58. The molecule has 0 bridgehead atoms. The first kappa shape index (κ1) is 20.8. The summed E-state index contributed by atoms with van der Waals surface area (Å²) in [7, 11) is 0. The topological polar surface area (TPSA) is 84.3 Å². The van der Waals surface area contributed by atoms with Crippen molar-refractivity contribution in [1.82, 2.24) is 20.0 Å². The van der Waals surface area contributed by atoms with E-state index in [1.165, 1.54) is 6.07 Å². The van der Waals surface area contributed by atoms with Crippen molar-refractivity contribution in [1.29, 1.82) is 0 Å². The van der Waals surface area contributed by atoms with Crippen molar-refractivity contribution < 1.29 is 9.59 Å². The van der Waals surface area contributed by atoms with E-state index >= 15 is 0 Å². The minimum Gasteiger partial charge on any atom is -0.356 e. The van der Waals surface area contributed by atoms with Gasteiger partial charge in [-0.15, -0.1) is 0 Å². The van der Waals surface area contributed by atoms with Crippen LogP contribution in [-0.2, 0) is 4.79 Å². The molecule has 2 amide bonds. The molecule has 3 rings (SSSR count). The number of unbranched alkanes of at least 4 members (excludes halogenated alkanes) is 1. The van der Waals surface area contributed by atoms with Gasteiger partial charge in [-0.25, -0.2) is 4.68 Å². The monoisotopic (exact) mass is 396 g/mol. The summed E-state index contributed by atoms with van der Waals surface area (Å²) in [5.41, 5.74) is 0.941. The van der Waals surface area contributed by atoms with Crippen molar-refractivity contribution in [2.45, 2.75) is 39.5 Å². The molecule has 154 valence electrons. The predicted molar refractivity (Wildman–Crippen MR) is 111 cm³/mol. The lowest BCUT2D eigenvalue weighted by atomic mass is 9.96. The number of nitrogens with one attached hydrogen (secondary N) is 1. The van der Waals surface area contributed by atoms with Gasteiger partial charge < -0.3 is 10.2 Å². The number of benzene rings is 1. The Morgan fingerprint density at radius 2 is 2.00 bits per heavy atom. The molecule has 0 spiro atoms. The summed E-state index contributed by atoms with van der Waals surface area (Å²) in [4.78, 5) is 39.5. The minimum atomic E-state index is -0.411. The van der Waals surface area contributed by atoms with Gasteiger partial charge in [-0.3, -0.25) is 14.4 Å². The van der Waals surface area contributed by atoms with Gasteiger partial charge in [-0.1, -0.05) is 31.5 Å². The molecule has 1 fully saturated rings. The van der Waals surface area contributed by atoms with Gasteiger partial charge in [0.15, 0.2) is 5.69 Å². The summed E-state index contributed by atoms with van der Waals surface area (Å²) < 4.78 is 1.60. The summed E-state index contributed by atoms with van der Waals surface area (Å²) in [6.45, 7) is 5.35. The third-order valence-electron chi connectivity index (χ3n) is 5.22. The van der Waals surface area contributed by atoms with E-state index in [1.54, 1.807) is 16.5 Å². The van der Waals surface area contributed by atoms with Crippen LogP contribution in [0.5, 0.6) is 0 Å². The largest absolute Gasteiger partial charge is 0.356 e. The van der Waals surface area contributed by atoms with E-state index in [0.29, 0.717) is 25.3 Å². The van der Waals surface area contributed by atoms with Gasteiger partial charge in [0.05, 0.1) is 11.6 Å². The van der Waals surface area contributed by atoms with Crippen molar-refractivity contribution in [2.24, 2.45) is 5.92 Å². The number of aryl methyl sites for hydroxylation is 1. The Bertz CT molecular complexity index is 923. The number of hydrogen-bond acceptors (Lipinski definition) is 4. The summed E-state index contributed by atoms with van der Waals surface area (Å²) in [5.74, 6) is -0.674. The first-order chi connectivity index (χ1) is 14.0. The van der Waals surface area contributed by atoms with Gasteiger partial charge in [0, 0.05) is 31.4 Å². The number of para-hydroxylation sites is 1. The molecule has 7 heteroatoms. The van der Waals surface area contributed by atoms with Crippen LogP contribution in [0.15, 0.2) is 41.2 Å². The summed E-state index contributed by atoms with van der Waals surface area (Å²) in [6.07, 6.45) is 3.43. The molecule has 1 N–H and O–H groups in total. The molecule has 1 aliphatic rings. The molecule has 1 atom stereocenters. The Hall–Kier alpha value is -2.96. The molecular formula is C22H28N4O3. The Balaban J connectivity index is 1.79. The normalized spacial score (nSPS) is 16.5. The number of likely N-dealkylation sites (tertiary alicyclic amines) is 1. The molecule has 29 heavy (non-hydrogen) atoms. The molecule has 1 saturated heterocycles. The van der Waals surface area contributed by atoms with Crippen LogP contribution in [0.1, 0.15) is 48.8 Å². The van der Waals surface area contributed by atoms with Gasteiger partial charge in [-0.2, -0.15) is 5.10 Å². The van der Waals surface area contributed by atoms with Crippen molar-refractivity contribution >= 4 is 11.8 Å². The quantitative estimate of drug-likeness (QED) is 0.760. The van der Waals surface area contributed by atoms with Crippen molar-refractivity contribution in [3.05, 3.63) is 58.0 Å². The molecule has 2 heterocycles. The highest BCUT2D eigenvalue weighted by molar-refractivity contribution is 5.92. The standard InChI is InChI=1S/C22H28N4O3/c1-3-4-12-23-21(28)17-9-8-13-25(15-17)22(29)20-19(27)14-16(2)26(24-20)18-10-6-5-7-11-18/h5-7,10-11,14,17H,3-4,8-9,12-13,15H2,1-2H3,(H,23,28). The summed E-state index contributed by atoms with van der Waals surface area (Å²) in [5, 5.41) is 7.30. The summed E-state index contributed by atoms with van der Waals surface area (Å²) >= 11 is 0. The molecule has 1 aromatic heterocycles. The van der Waals surface area contributed by atoms with Crippen LogP contribution in [0.25, 0.3) is 5.69 Å². The van der Waals surface area contributed by atoms with Crippen molar-refractivity contribution in [2.75, 3.05) is 19.6 Å². The van der Waals surface area contributed by atoms with Crippen molar-refractivity contribution in [3.8, 4) is 5.69 Å². The number of nitrogens with zero attached hydrogens (tertiary/aromatic N) is 3. The zero-order valence-electron chi connectivity index (χ0n) is 17.1. The fraction of sp³-hybridized carbons (Fsp3) is 0.455. The maximum absolute atomic E-state index is 13.1. The van der Waals surface area contributed by atoms with Crippen LogP contribution in [0.4, 0.5) is 0 Å². The van der Waals surface area contributed by atoms with Crippen LogP contribution in [0, 0.1) is 12.8 Å². The minimum absolute atomic E-state index is 0.0190. The SMILES string of the molecule is CCCCNC(=O)C1CCCN(C(=O)c2nn(-c3ccccc3)c(C)cc2=O)C1. The average molecular weight is 396 g/mol. The smallest absolute Gasteiger partial charge is 0.278 e. The predicted octanol–water partition coefficient (Wildman–Crippen LogP) is 2.31. The third kappa shape index (κ3) is 4.91. The van der Waals surface area contributed by atoms with Crippen LogP contribution in [0.2, 0.25) is 0 Å². The molecule has 1 unspecified atom stereocenters. The highest BCUT2D eigenvalue weighted by Gasteiger charge is 2.30. The van der Waals surface area contributed by atoms with Crippen molar-refractivity contribution in [3.63, 3.8) is 0 Å². The first-order valence-electron chi connectivity index (χ1n) is 10.2. The number of amides is 2. The van der Waals surface area contributed by atoms with E-state index < -0.39 is 11.3 Å². The number of piperidine rings is 1. The van der Waals surface area contributed by atoms with Gasteiger partial charge in [0.1, 0.15) is 0 Å². The second kappa shape index (κ2) is 9.49. The number of aromatic nitrogens is 2. The molecule has 0 saturated carbocycles. The molecule has 1 aromatic carbocycles.